The maximum Gasteiger partial charge on any atom is 0.330 e. The summed E-state index contributed by atoms with van der Waals surface area (Å²) >= 11 is 0. The summed E-state index contributed by atoms with van der Waals surface area (Å²) in [6, 6.07) is 9.93. The van der Waals surface area contributed by atoms with Gasteiger partial charge in [-0.05, 0) is 17.6 Å². The third-order valence-electron chi connectivity index (χ3n) is 3.52. The molecule has 1 rings (SSSR count). The molecular formula is C14H25O6P3. The molecular weight excluding hydrogens is 357 g/mol. The summed E-state index contributed by atoms with van der Waals surface area (Å²) in [6.45, 7) is 0. The average Bonchev–Trinajstić information content (AvgIpc) is 2.62. The summed E-state index contributed by atoms with van der Waals surface area (Å²) in [5.41, 5.74) is 0. The van der Waals surface area contributed by atoms with Crippen molar-refractivity contribution in [3.8, 4) is 0 Å². The fourth-order valence-electron chi connectivity index (χ4n) is 2.01. The molecule has 23 heavy (non-hydrogen) atoms. The van der Waals surface area contributed by atoms with Gasteiger partial charge in [-0.1, -0.05) is 38.3 Å². The topological polar surface area (TPSA) is 71.1 Å². The maximum atomic E-state index is 12.3. The Morgan fingerprint density at radius 1 is 0.783 bits per heavy atom. The number of hydrogen-bond acceptors (Lipinski definition) is 6. The lowest BCUT2D eigenvalue weighted by molar-refractivity contribution is 0.277. The summed E-state index contributed by atoms with van der Waals surface area (Å²) in [6.07, 6.45) is 1.97. The molecule has 9 heteroatoms. The highest BCUT2D eigenvalue weighted by Crippen LogP contribution is 2.52. The third kappa shape index (κ3) is 6.76. The van der Waals surface area contributed by atoms with Gasteiger partial charge in [-0.2, -0.15) is 0 Å². The minimum atomic E-state index is -3.05. The smallest absolute Gasteiger partial charge is 0.312 e. The molecule has 0 bridgehead atoms. The summed E-state index contributed by atoms with van der Waals surface area (Å²) in [7, 11) is -1.22. The van der Waals surface area contributed by atoms with Crippen molar-refractivity contribution in [1.82, 2.24) is 0 Å². The van der Waals surface area contributed by atoms with E-state index in [0.717, 1.165) is 5.30 Å². The van der Waals surface area contributed by atoms with Crippen LogP contribution < -0.4 is 5.30 Å². The third-order valence-corrected chi connectivity index (χ3v) is 10.6. The highest BCUT2D eigenvalue weighted by atomic mass is 31.2. The lowest BCUT2D eigenvalue weighted by atomic mass is 10.4. The summed E-state index contributed by atoms with van der Waals surface area (Å²) in [4.78, 5) is 0. The van der Waals surface area contributed by atoms with E-state index < -0.39 is 23.1 Å². The van der Waals surface area contributed by atoms with Crippen LogP contribution in [0.3, 0.4) is 0 Å². The minimum absolute atomic E-state index is 0.324. The van der Waals surface area contributed by atoms with Gasteiger partial charge in [-0.25, -0.2) is 0 Å². The molecule has 0 atom stereocenters. The molecule has 6 nitrogen and oxygen atoms in total. The fourth-order valence-corrected chi connectivity index (χ4v) is 8.26. The molecule has 1 aromatic rings. The zero-order valence-corrected chi connectivity index (χ0v) is 16.7. The molecule has 0 aliphatic rings. The molecule has 0 fully saturated rings. The molecule has 0 aliphatic heterocycles. The second kappa shape index (κ2) is 10.1. The van der Waals surface area contributed by atoms with Crippen molar-refractivity contribution < 1.29 is 27.2 Å². The quantitative estimate of drug-likeness (QED) is 0.543. The first-order valence-corrected chi connectivity index (χ1v) is 12.3. The first kappa shape index (κ1) is 21.0. The summed E-state index contributed by atoms with van der Waals surface area (Å²) in [5.74, 6) is 0. The van der Waals surface area contributed by atoms with Crippen LogP contribution in [0.4, 0.5) is 0 Å². The van der Waals surface area contributed by atoms with Gasteiger partial charge >= 0.3 is 15.2 Å². The summed E-state index contributed by atoms with van der Waals surface area (Å²) in [5, 5.41) is 1.15. The van der Waals surface area contributed by atoms with Gasteiger partial charge in [0.25, 0.3) is 0 Å². The fraction of sp³-hybridized carbons (Fsp3) is 0.571. The van der Waals surface area contributed by atoms with Crippen molar-refractivity contribution in [2.24, 2.45) is 0 Å². The number of benzene rings is 1. The van der Waals surface area contributed by atoms with Gasteiger partial charge in [0.05, 0.1) is 12.3 Å². The van der Waals surface area contributed by atoms with Gasteiger partial charge in [0, 0.05) is 28.4 Å². The van der Waals surface area contributed by atoms with Gasteiger partial charge in [0.2, 0.25) is 0 Å². The zero-order chi connectivity index (χ0) is 17.3. The van der Waals surface area contributed by atoms with Gasteiger partial charge in [0.1, 0.15) is 0 Å². The first-order valence-electron chi connectivity index (χ1n) is 7.13. The van der Waals surface area contributed by atoms with Crippen LogP contribution in [0, 0.1) is 0 Å². The van der Waals surface area contributed by atoms with Crippen LogP contribution in [-0.2, 0) is 27.2 Å². The predicted molar refractivity (Wildman–Crippen MR) is 95.7 cm³/mol. The normalized spacial score (nSPS) is 12.7. The van der Waals surface area contributed by atoms with Crippen LogP contribution in [0.1, 0.15) is 0 Å². The molecule has 0 aliphatic carbocycles. The Hall–Kier alpha value is -0.0500. The molecule has 1 aromatic carbocycles. The Kier molecular flexibility index (Phi) is 9.18. The molecule has 0 spiro atoms. The van der Waals surface area contributed by atoms with E-state index in [4.69, 9.17) is 18.1 Å². The molecule has 132 valence electrons. The zero-order valence-electron chi connectivity index (χ0n) is 14.0. The molecule has 0 aromatic heterocycles. The van der Waals surface area contributed by atoms with Crippen LogP contribution >= 0.6 is 23.1 Å². The van der Waals surface area contributed by atoms with Crippen LogP contribution in [0.25, 0.3) is 0 Å². The second-order valence-corrected chi connectivity index (χ2v) is 12.0. The molecule has 0 saturated heterocycles. The van der Waals surface area contributed by atoms with E-state index in [1.807, 2.05) is 30.3 Å². The van der Waals surface area contributed by atoms with Crippen LogP contribution in [-0.4, -0.2) is 53.1 Å². The largest absolute Gasteiger partial charge is 0.330 e. The van der Waals surface area contributed by atoms with Crippen molar-refractivity contribution in [1.29, 1.82) is 0 Å². The first-order chi connectivity index (χ1) is 10.9. The monoisotopic (exact) mass is 382 g/mol. The molecule has 0 unspecified atom stereocenters. The summed E-state index contributed by atoms with van der Waals surface area (Å²) < 4.78 is 44.5. The second-order valence-electron chi connectivity index (χ2n) is 4.72. The van der Waals surface area contributed by atoms with E-state index in [9.17, 15) is 9.13 Å². The van der Waals surface area contributed by atoms with Gasteiger partial charge < -0.3 is 18.1 Å². The Morgan fingerprint density at radius 2 is 1.17 bits per heavy atom. The van der Waals surface area contributed by atoms with Gasteiger partial charge in [0.15, 0.2) is 0 Å². The highest BCUT2D eigenvalue weighted by molar-refractivity contribution is 7.67. The predicted octanol–water partition coefficient (Wildman–Crippen LogP) is 3.77. The Labute approximate surface area is 139 Å². The van der Waals surface area contributed by atoms with E-state index in [0.29, 0.717) is 24.6 Å². The van der Waals surface area contributed by atoms with E-state index in [2.05, 4.69) is 0 Å². The van der Waals surface area contributed by atoms with Gasteiger partial charge in [-0.3, -0.25) is 9.13 Å². The van der Waals surface area contributed by atoms with E-state index in [-0.39, 0.29) is 0 Å². The van der Waals surface area contributed by atoms with Crippen LogP contribution in [0.15, 0.2) is 30.3 Å². The van der Waals surface area contributed by atoms with E-state index in [1.54, 1.807) is 0 Å². The van der Waals surface area contributed by atoms with Crippen molar-refractivity contribution in [2.45, 2.75) is 0 Å². The molecule has 0 saturated carbocycles. The minimum Gasteiger partial charge on any atom is -0.312 e. The van der Waals surface area contributed by atoms with Gasteiger partial charge in [-0.15, -0.1) is 0 Å². The van der Waals surface area contributed by atoms with E-state index >= 15 is 0 Å². The maximum absolute atomic E-state index is 12.3. The number of hydrogen-bond donors (Lipinski definition) is 0. The Morgan fingerprint density at radius 3 is 1.52 bits per heavy atom. The van der Waals surface area contributed by atoms with Crippen LogP contribution in [0.2, 0.25) is 0 Å². The molecule has 0 amide bonds. The van der Waals surface area contributed by atoms with Crippen molar-refractivity contribution in [3.05, 3.63) is 30.3 Å². The number of rotatable bonds is 11. The SMILES string of the molecule is COP(=O)(CCP(CCP(=O)(OC)OC)c1ccccc1)OC. The molecule has 0 N–H and O–H groups in total. The molecule has 0 radical (unpaired) electrons. The van der Waals surface area contributed by atoms with Crippen molar-refractivity contribution in [2.75, 3.05) is 53.1 Å². The van der Waals surface area contributed by atoms with E-state index in [1.165, 1.54) is 28.4 Å². The lowest BCUT2D eigenvalue weighted by Crippen LogP contribution is -2.12. The van der Waals surface area contributed by atoms with Crippen molar-refractivity contribution in [3.63, 3.8) is 0 Å². The Bertz CT molecular complexity index is 505. The van der Waals surface area contributed by atoms with Crippen LogP contribution in [0.5, 0.6) is 0 Å². The average molecular weight is 382 g/mol. The lowest BCUT2D eigenvalue weighted by Gasteiger charge is -2.22. The Balaban J connectivity index is 2.83. The standard InChI is InChI=1S/C14H25O6P3/c1-17-22(15,18-2)12-10-21(14-8-6-5-7-9-14)11-13-23(16,19-3)20-4/h5-9H,10-13H2,1-4H3. The highest BCUT2D eigenvalue weighted by Gasteiger charge is 2.27. The van der Waals surface area contributed by atoms with Crippen molar-refractivity contribution >= 4 is 28.4 Å². The molecule has 0 heterocycles.